The van der Waals surface area contributed by atoms with Crippen molar-refractivity contribution in [3.05, 3.63) is 57.8 Å². The Labute approximate surface area is 129 Å². The second kappa shape index (κ2) is 6.02. The summed E-state index contributed by atoms with van der Waals surface area (Å²) in [6.45, 7) is 7.80. The van der Waals surface area contributed by atoms with Crippen LogP contribution in [0.15, 0.2) is 35.1 Å². The van der Waals surface area contributed by atoms with Gasteiger partial charge in [0.1, 0.15) is 18.2 Å². The molecule has 5 nitrogen and oxygen atoms in total. The predicted octanol–water partition coefficient (Wildman–Crippen LogP) is 2.76. The minimum Gasteiger partial charge on any atom is -0.486 e. The lowest BCUT2D eigenvalue weighted by atomic mass is 10.1. The van der Waals surface area contributed by atoms with Crippen molar-refractivity contribution in [3.63, 3.8) is 0 Å². The first kappa shape index (κ1) is 15.8. The third kappa shape index (κ3) is 3.53. The lowest BCUT2D eigenvalue weighted by Crippen LogP contribution is -2.37. The molecule has 0 atom stereocenters. The molecule has 1 aromatic carbocycles. The molecular formula is C17H19N3O2. The quantitative estimate of drug-likeness (QED) is 0.873. The molecule has 0 fully saturated rings. The molecule has 1 heterocycles. The van der Waals surface area contributed by atoms with Gasteiger partial charge in [0.15, 0.2) is 0 Å². The Balaban J connectivity index is 2.33. The molecule has 5 heteroatoms. The molecule has 0 aliphatic carbocycles. The number of aryl methyl sites for hydroxylation is 1. The predicted molar refractivity (Wildman–Crippen MR) is 83.7 cm³/mol. The van der Waals surface area contributed by atoms with Crippen LogP contribution in [0.25, 0.3) is 0 Å². The first-order valence-electron chi connectivity index (χ1n) is 7.04. The Morgan fingerprint density at radius 3 is 2.68 bits per heavy atom. The van der Waals surface area contributed by atoms with Crippen molar-refractivity contribution in [2.24, 2.45) is 0 Å². The summed E-state index contributed by atoms with van der Waals surface area (Å²) in [5, 5.41) is 8.91. The highest BCUT2D eigenvalue weighted by molar-refractivity contribution is 5.36. The first-order valence-corrected chi connectivity index (χ1v) is 7.04. The molecule has 22 heavy (non-hydrogen) atoms. The fourth-order valence-electron chi connectivity index (χ4n) is 2.27. The summed E-state index contributed by atoms with van der Waals surface area (Å²) in [5.41, 5.74) is 0.715. The van der Waals surface area contributed by atoms with Crippen LogP contribution in [0.4, 0.5) is 0 Å². The summed E-state index contributed by atoms with van der Waals surface area (Å²) >= 11 is 0. The van der Waals surface area contributed by atoms with Gasteiger partial charge in [0.05, 0.1) is 11.6 Å². The molecule has 114 valence electrons. The van der Waals surface area contributed by atoms with E-state index in [0.29, 0.717) is 22.8 Å². The van der Waals surface area contributed by atoms with Gasteiger partial charge in [0.25, 0.3) is 5.56 Å². The number of hydrogen-bond acceptors (Lipinski definition) is 4. The average molecular weight is 297 g/mol. The van der Waals surface area contributed by atoms with Gasteiger partial charge in [-0.2, -0.15) is 5.26 Å². The van der Waals surface area contributed by atoms with E-state index in [1.54, 1.807) is 35.8 Å². The summed E-state index contributed by atoms with van der Waals surface area (Å²) < 4.78 is 7.34. The van der Waals surface area contributed by atoms with E-state index in [0.717, 1.165) is 0 Å². The molecule has 0 aliphatic heterocycles. The van der Waals surface area contributed by atoms with Gasteiger partial charge in [-0.05, 0) is 45.9 Å². The Hall–Kier alpha value is -2.61. The van der Waals surface area contributed by atoms with Crippen LogP contribution in [-0.4, -0.2) is 9.55 Å². The van der Waals surface area contributed by atoms with E-state index in [9.17, 15) is 4.79 Å². The third-order valence-corrected chi connectivity index (χ3v) is 3.12. The lowest BCUT2D eigenvalue weighted by Gasteiger charge is -2.25. The van der Waals surface area contributed by atoms with Crippen LogP contribution in [0.3, 0.4) is 0 Å². The molecule has 0 saturated carbocycles. The third-order valence-electron chi connectivity index (χ3n) is 3.12. The Kier molecular flexibility index (Phi) is 4.32. The normalized spacial score (nSPS) is 11.0. The second-order valence-corrected chi connectivity index (χ2v) is 6.09. The van der Waals surface area contributed by atoms with E-state index in [1.807, 2.05) is 20.8 Å². The van der Waals surface area contributed by atoms with E-state index in [4.69, 9.17) is 10.00 Å². The van der Waals surface area contributed by atoms with Crippen LogP contribution >= 0.6 is 0 Å². The molecule has 0 radical (unpaired) electrons. The Morgan fingerprint density at radius 1 is 1.32 bits per heavy atom. The molecule has 0 bridgehead atoms. The van der Waals surface area contributed by atoms with E-state index < -0.39 is 0 Å². The highest BCUT2D eigenvalue weighted by atomic mass is 16.5. The largest absolute Gasteiger partial charge is 0.486 e. The summed E-state index contributed by atoms with van der Waals surface area (Å²) in [6, 6.07) is 10.5. The van der Waals surface area contributed by atoms with Gasteiger partial charge in [0, 0.05) is 17.3 Å². The van der Waals surface area contributed by atoms with Gasteiger partial charge in [-0.1, -0.05) is 6.07 Å². The summed E-state index contributed by atoms with van der Waals surface area (Å²) in [7, 11) is 0. The maximum absolute atomic E-state index is 12.2. The van der Waals surface area contributed by atoms with Gasteiger partial charge >= 0.3 is 0 Å². The Morgan fingerprint density at radius 2 is 2.05 bits per heavy atom. The zero-order valence-corrected chi connectivity index (χ0v) is 13.3. The minimum atomic E-state index is -0.384. The van der Waals surface area contributed by atoms with Crippen LogP contribution in [0.5, 0.6) is 5.75 Å². The standard InChI is InChI=1S/C17H19N3O2/c1-12-8-16(21)20(17(2,3)4)15(19-12)11-22-14-7-5-6-13(9-14)10-18/h5-9H,11H2,1-4H3. The number of rotatable bonds is 3. The maximum Gasteiger partial charge on any atom is 0.254 e. The van der Waals surface area contributed by atoms with Crippen molar-refractivity contribution in [1.29, 1.82) is 5.26 Å². The molecule has 2 aromatic rings. The first-order chi connectivity index (χ1) is 10.3. The number of nitrogens with zero attached hydrogens (tertiary/aromatic N) is 3. The maximum atomic E-state index is 12.2. The van der Waals surface area contributed by atoms with E-state index in [2.05, 4.69) is 11.1 Å². The van der Waals surface area contributed by atoms with E-state index in [-0.39, 0.29) is 17.7 Å². The molecule has 0 saturated heterocycles. The van der Waals surface area contributed by atoms with Crippen LogP contribution in [0, 0.1) is 18.3 Å². The zero-order valence-electron chi connectivity index (χ0n) is 13.3. The van der Waals surface area contributed by atoms with Crippen molar-refractivity contribution in [1.82, 2.24) is 9.55 Å². The summed E-state index contributed by atoms with van der Waals surface area (Å²) in [5.74, 6) is 1.15. The van der Waals surface area contributed by atoms with Gasteiger partial charge in [-0.25, -0.2) is 4.98 Å². The SMILES string of the molecule is Cc1cc(=O)n(C(C)(C)C)c(COc2cccc(C#N)c2)n1. The smallest absolute Gasteiger partial charge is 0.254 e. The van der Waals surface area contributed by atoms with Gasteiger partial charge in [-0.3, -0.25) is 9.36 Å². The number of nitriles is 1. The fourth-order valence-corrected chi connectivity index (χ4v) is 2.27. The van der Waals surface area contributed by atoms with Crippen molar-refractivity contribution < 1.29 is 4.74 Å². The highest BCUT2D eigenvalue weighted by Gasteiger charge is 2.20. The molecule has 2 rings (SSSR count). The topological polar surface area (TPSA) is 67.9 Å². The van der Waals surface area contributed by atoms with Crippen LogP contribution in [-0.2, 0) is 12.1 Å². The van der Waals surface area contributed by atoms with Gasteiger partial charge in [-0.15, -0.1) is 0 Å². The minimum absolute atomic E-state index is 0.0932. The zero-order chi connectivity index (χ0) is 16.3. The van der Waals surface area contributed by atoms with Crippen molar-refractivity contribution >= 4 is 0 Å². The summed E-state index contributed by atoms with van der Waals surface area (Å²) in [4.78, 5) is 16.7. The van der Waals surface area contributed by atoms with Gasteiger partial charge < -0.3 is 4.74 Å². The lowest BCUT2D eigenvalue weighted by molar-refractivity contribution is 0.262. The summed E-state index contributed by atoms with van der Waals surface area (Å²) in [6.07, 6.45) is 0. The number of ether oxygens (including phenoxy) is 1. The van der Waals surface area contributed by atoms with E-state index >= 15 is 0 Å². The van der Waals surface area contributed by atoms with E-state index in [1.165, 1.54) is 6.07 Å². The average Bonchev–Trinajstić information content (AvgIpc) is 2.43. The fraction of sp³-hybridized carbons (Fsp3) is 0.353. The number of benzene rings is 1. The van der Waals surface area contributed by atoms with Crippen molar-refractivity contribution in [2.75, 3.05) is 0 Å². The molecule has 1 aromatic heterocycles. The van der Waals surface area contributed by atoms with Gasteiger partial charge in [0.2, 0.25) is 0 Å². The molecule has 0 spiro atoms. The van der Waals surface area contributed by atoms with Crippen LogP contribution in [0.1, 0.15) is 37.9 Å². The number of hydrogen-bond donors (Lipinski definition) is 0. The number of aromatic nitrogens is 2. The molecular weight excluding hydrogens is 278 g/mol. The van der Waals surface area contributed by atoms with Crippen molar-refractivity contribution in [2.45, 2.75) is 39.8 Å². The molecule has 0 N–H and O–H groups in total. The molecule has 0 unspecified atom stereocenters. The molecule has 0 amide bonds. The second-order valence-electron chi connectivity index (χ2n) is 6.09. The monoisotopic (exact) mass is 297 g/mol. The van der Waals surface area contributed by atoms with Crippen LogP contribution < -0.4 is 10.3 Å². The van der Waals surface area contributed by atoms with Crippen LogP contribution in [0.2, 0.25) is 0 Å². The molecule has 0 aliphatic rings. The Bertz CT molecular complexity index is 780. The van der Waals surface area contributed by atoms with Crippen molar-refractivity contribution in [3.8, 4) is 11.8 Å². The highest BCUT2D eigenvalue weighted by Crippen LogP contribution is 2.17.